The van der Waals surface area contributed by atoms with Gasteiger partial charge in [-0.2, -0.15) is 0 Å². The number of hydrogen-bond acceptors (Lipinski definition) is 3. The maximum atomic E-state index is 4.93. The summed E-state index contributed by atoms with van der Waals surface area (Å²) in [5.74, 6) is 0. The van der Waals surface area contributed by atoms with Crippen molar-refractivity contribution in [2.24, 2.45) is 0 Å². The van der Waals surface area contributed by atoms with Gasteiger partial charge in [-0.15, -0.1) is 11.3 Å². The van der Waals surface area contributed by atoms with E-state index in [4.69, 9.17) is 4.52 Å². The molecule has 11 heavy (non-hydrogen) atoms. The summed E-state index contributed by atoms with van der Waals surface area (Å²) in [7, 11) is 0. The first kappa shape index (κ1) is 7.30. The zero-order chi connectivity index (χ0) is 7.68. The van der Waals surface area contributed by atoms with Crippen molar-refractivity contribution < 1.29 is 4.52 Å². The van der Waals surface area contributed by atoms with Crippen molar-refractivity contribution in [3.05, 3.63) is 27.3 Å². The molecule has 0 radical (unpaired) electrons. The molecule has 0 aromatic carbocycles. The number of nitrogens with zero attached hydrogens (tertiary/aromatic N) is 1. The third-order valence-electron chi connectivity index (χ3n) is 1.26. The maximum absolute atomic E-state index is 4.93. The van der Waals surface area contributed by atoms with Gasteiger partial charge in [-0.05, 0) is 11.4 Å². The summed E-state index contributed by atoms with van der Waals surface area (Å²) in [4.78, 5) is 1.15. The van der Waals surface area contributed by atoms with Gasteiger partial charge in [0.2, 0.25) is 0 Å². The van der Waals surface area contributed by atoms with Crippen molar-refractivity contribution in [3.63, 3.8) is 0 Å². The van der Waals surface area contributed by atoms with Gasteiger partial charge in [0.25, 0.3) is 0 Å². The van der Waals surface area contributed by atoms with Gasteiger partial charge in [0, 0.05) is 28.7 Å². The van der Waals surface area contributed by atoms with Crippen molar-refractivity contribution in [2.45, 2.75) is 0 Å². The molecule has 0 atom stereocenters. The fourth-order valence-electron chi connectivity index (χ4n) is 0.793. The van der Waals surface area contributed by atoms with E-state index in [9.17, 15) is 0 Å². The number of thiophene rings is 1. The Labute approximate surface area is 81.4 Å². The van der Waals surface area contributed by atoms with Crippen LogP contribution in [-0.2, 0) is 0 Å². The van der Waals surface area contributed by atoms with Gasteiger partial charge >= 0.3 is 0 Å². The first-order valence-corrected chi connectivity index (χ1v) is 4.98. The Morgan fingerprint density at radius 2 is 2.45 bits per heavy atom. The van der Waals surface area contributed by atoms with Crippen LogP contribution in [0.25, 0.3) is 10.6 Å². The Bertz CT molecular complexity index is 341. The zero-order valence-corrected chi connectivity index (χ0v) is 8.43. The Balaban J connectivity index is 2.45. The van der Waals surface area contributed by atoms with E-state index < -0.39 is 0 Å². The summed E-state index contributed by atoms with van der Waals surface area (Å²) in [6, 6.07) is 5.95. The number of rotatable bonds is 1. The lowest BCUT2D eigenvalue weighted by Crippen LogP contribution is -1.65. The average Bonchev–Trinajstić information content (AvgIpc) is 2.55. The lowest BCUT2D eigenvalue weighted by Gasteiger charge is -1.81. The highest BCUT2D eigenvalue weighted by atomic mass is 127. The van der Waals surface area contributed by atoms with Gasteiger partial charge in [0.05, 0.1) is 4.88 Å². The number of halogens is 1. The van der Waals surface area contributed by atoms with Crippen LogP contribution in [0.4, 0.5) is 0 Å². The quantitative estimate of drug-likeness (QED) is 0.749. The van der Waals surface area contributed by atoms with Crippen LogP contribution < -0.4 is 0 Å². The molecule has 0 aliphatic carbocycles. The minimum absolute atomic E-state index is 0.825. The van der Waals surface area contributed by atoms with E-state index in [-0.39, 0.29) is 0 Å². The molecule has 0 bridgehead atoms. The summed E-state index contributed by atoms with van der Waals surface area (Å²) in [5.41, 5.74) is 0.921. The van der Waals surface area contributed by atoms with Crippen molar-refractivity contribution >= 4 is 33.9 Å². The Hall–Kier alpha value is -0.360. The van der Waals surface area contributed by atoms with E-state index >= 15 is 0 Å². The molecule has 0 aliphatic rings. The molecule has 0 N–H and O–H groups in total. The van der Waals surface area contributed by atoms with Gasteiger partial charge in [-0.25, -0.2) is 0 Å². The van der Waals surface area contributed by atoms with E-state index in [2.05, 4.69) is 27.7 Å². The van der Waals surface area contributed by atoms with Crippen LogP contribution in [-0.4, -0.2) is 5.16 Å². The Kier molecular flexibility index (Phi) is 1.95. The van der Waals surface area contributed by atoms with Crippen LogP contribution in [0.5, 0.6) is 0 Å². The lowest BCUT2D eigenvalue weighted by molar-refractivity contribution is 0.400. The summed E-state index contributed by atoms with van der Waals surface area (Å²) >= 11 is 3.76. The first-order valence-electron chi connectivity index (χ1n) is 3.02. The molecule has 0 saturated carbocycles. The van der Waals surface area contributed by atoms with E-state index in [0.717, 1.165) is 14.3 Å². The monoisotopic (exact) mass is 277 g/mol. The summed E-state index contributed by atoms with van der Waals surface area (Å²) in [6.07, 6.45) is 0. The molecular formula is C7H4INOS. The van der Waals surface area contributed by atoms with Crippen LogP contribution in [0, 0.1) is 3.77 Å². The highest BCUT2D eigenvalue weighted by molar-refractivity contribution is 14.1. The predicted molar refractivity (Wildman–Crippen MR) is 52.5 cm³/mol. The summed E-state index contributed by atoms with van der Waals surface area (Å²) < 4.78 is 5.76. The lowest BCUT2D eigenvalue weighted by atomic mass is 10.4. The molecule has 56 valence electrons. The van der Waals surface area contributed by atoms with E-state index in [0.29, 0.717) is 0 Å². The van der Waals surface area contributed by atoms with Crippen LogP contribution >= 0.6 is 33.9 Å². The normalized spacial score (nSPS) is 10.3. The van der Waals surface area contributed by atoms with E-state index in [1.165, 1.54) is 0 Å². The van der Waals surface area contributed by atoms with Crippen molar-refractivity contribution in [1.82, 2.24) is 5.16 Å². The van der Waals surface area contributed by atoms with Gasteiger partial charge in [-0.1, -0.05) is 11.2 Å². The molecule has 2 heterocycles. The molecule has 0 amide bonds. The molecule has 0 saturated heterocycles. The highest BCUT2D eigenvalue weighted by Crippen LogP contribution is 2.24. The van der Waals surface area contributed by atoms with Crippen molar-refractivity contribution in [2.75, 3.05) is 0 Å². The van der Waals surface area contributed by atoms with Crippen LogP contribution in [0.1, 0.15) is 0 Å². The average molecular weight is 277 g/mol. The third-order valence-corrected chi connectivity index (χ3v) is 2.66. The molecule has 2 aromatic rings. The largest absolute Gasteiger partial charge is 0.350 e. The molecular weight excluding hydrogens is 273 g/mol. The molecule has 0 fully saturated rings. The minimum Gasteiger partial charge on any atom is -0.350 e. The van der Waals surface area contributed by atoms with Gasteiger partial charge < -0.3 is 4.52 Å². The molecule has 4 heteroatoms. The second kappa shape index (κ2) is 2.94. The zero-order valence-electron chi connectivity index (χ0n) is 5.45. The topological polar surface area (TPSA) is 26.0 Å². The van der Waals surface area contributed by atoms with Crippen LogP contribution in [0.2, 0.25) is 0 Å². The first-order chi connectivity index (χ1) is 5.36. The molecule has 2 rings (SSSR count). The Morgan fingerprint density at radius 3 is 3.00 bits per heavy atom. The van der Waals surface area contributed by atoms with Gasteiger partial charge in [0.15, 0.2) is 3.77 Å². The van der Waals surface area contributed by atoms with E-state index in [1.54, 1.807) is 11.3 Å². The highest BCUT2D eigenvalue weighted by Gasteiger charge is 2.03. The fourth-order valence-corrected chi connectivity index (χ4v) is 1.86. The summed E-state index contributed by atoms with van der Waals surface area (Å²) in [6.45, 7) is 0. The molecule has 0 spiro atoms. The van der Waals surface area contributed by atoms with Crippen LogP contribution in [0.3, 0.4) is 0 Å². The second-order valence-corrected chi connectivity index (χ2v) is 4.00. The maximum Gasteiger partial charge on any atom is 0.197 e. The predicted octanol–water partition coefficient (Wildman–Crippen LogP) is 3.01. The summed E-state index contributed by atoms with van der Waals surface area (Å²) in [5, 5.41) is 5.91. The van der Waals surface area contributed by atoms with Crippen LogP contribution in [0.15, 0.2) is 28.1 Å². The smallest absolute Gasteiger partial charge is 0.197 e. The minimum atomic E-state index is 0.825. The van der Waals surface area contributed by atoms with Crippen molar-refractivity contribution in [3.8, 4) is 10.6 Å². The van der Waals surface area contributed by atoms with Gasteiger partial charge in [0.1, 0.15) is 5.69 Å². The van der Waals surface area contributed by atoms with E-state index in [1.807, 2.05) is 23.6 Å². The molecule has 2 aromatic heterocycles. The molecule has 0 unspecified atom stereocenters. The number of hydrogen-bond donors (Lipinski definition) is 0. The second-order valence-electron chi connectivity index (χ2n) is 1.99. The SMILES string of the molecule is Ic1cc(-c2cccs2)no1. The standard InChI is InChI=1S/C7H4INOS/c8-7-4-5(9-10-7)6-2-1-3-11-6/h1-4H. The Morgan fingerprint density at radius 1 is 1.55 bits per heavy atom. The number of aromatic nitrogens is 1. The molecule has 2 nitrogen and oxygen atoms in total. The van der Waals surface area contributed by atoms with Gasteiger partial charge in [-0.3, -0.25) is 0 Å². The fraction of sp³-hybridized carbons (Fsp3) is 0. The van der Waals surface area contributed by atoms with Crippen molar-refractivity contribution in [1.29, 1.82) is 0 Å². The third kappa shape index (κ3) is 1.46. The molecule has 0 aliphatic heterocycles.